The van der Waals surface area contributed by atoms with Crippen molar-refractivity contribution in [2.75, 3.05) is 6.61 Å². The minimum absolute atomic E-state index is 0.131. The number of fused-ring (bicyclic) bond motifs is 7. The number of ketones is 2. The molecule has 6 heteroatoms. The summed E-state index contributed by atoms with van der Waals surface area (Å²) >= 11 is 0. The van der Waals surface area contributed by atoms with Crippen molar-refractivity contribution in [1.82, 2.24) is 0 Å². The zero-order valence-electron chi connectivity index (χ0n) is 20.5. The van der Waals surface area contributed by atoms with E-state index < -0.39 is 53.7 Å². The van der Waals surface area contributed by atoms with Crippen LogP contribution in [0.15, 0.2) is 23.8 Å². The van der Waals surface area contributed by atoms with E-state index in [1.807, 2.05) is 20.8 Å². The number of hydrogen-bond acceptors (Lipinski definition) is 6. The SMILES string of the molecule is [2H]C1([2H])C[C@@H]2[C@H]([C@@H](O)C[C@@]3(C)[C@H]2C[C@H]2OC(CCC)O[C@]23C(=O)CO)[C@@]2(C)C=CC(=O)C=C12. The molecular weight excluding hydrogens is 396 g/mol. The second-order valence-electron chi connectivity index (χ2n) is 10.5. The Morgan fingerprint density at radius 1 is 1.39 bits per heavy atom. The predicted octanol–water partition coefficient (Wildman–Crippen LogP) is 2.72. The molecule has 4 fully saturated rings. The van der Waals surface area contributed by atoms with Crippen molar-refractivity contribution in [2.24, 2.45) is 28.6 Å². The lowest BCUT2D eigenvalue weighted by Gasteiger charge is -2.59. The van der Waals surface area contributed by atoms with E-state index in [2.05, 4.69) is 0 Å². The first-order valence-electron chi connectivity index (χ1n) is 12.6. The van der Waals surface area contributed by atoms with Gasteiger partial charge in [0.1, 0.15) is 6.61 Å². The third-order valence-corrected chi connectivity index (χ3v) is 9.01. The Morgan fingerprint density at radius 2 is 2.16 bits per heavy atom. The maximum atomic E-state index is 13.3. The third kappa shape index (κ3) is 2.65. The zero-order valence-corrected chi connectivity index (χ0v) is 18.5. The Morgan fingerprint density at radius 3 is 2.87 bits per heavy atom. The van der Waals surface area contributed by atoms with Crippen LogP contribution in [0.5, 0.6) is 0 Å². The highest BCUT2D eigenvalue weighted by molar-refractivity contribution is 6.01. The molecule has 4 aliphatic carbocycles. The fraction of sp³-hybridized carbons (Fsp3) is 0.760. The minimum atomic E-state index is -1.72. The van der Waals surface area contributed by atoms with Crippen molar-refractivity contribution in [3.63, 3.8) is 0 Å². The van der Waals surface area contributed by atoms with Gasteiger partial charge in [-0.15, -0.1) is 0 Å². The fourth-order valence-corrected chi connectivity index (χ4v) is 7.74. The summed E-state index contributed by atoms with van der Waals surface area (Å²) in [7, 11) is 0. The van der Waals surface area contributed by atoms with E-state index in [1.165, 1.54) is 12.2 Å². The van der Waals surface area contributed by atoms with Gasteiger partial charge in [-0.1, -0.05) is 38.8 Å². The van der Waals surface area contributed by atoms with Crippen LogP contribution in [0.4, 0.5) is 0 Å². The number of carbonyl (C=O) groups excluding carboxylic acids is 2. The lowest BCUT2D eigenvalue weighted by molar-refractivity contribution is -0.200. The molecule has 31 heavy (non-hydrogen) atoms. The van der Waals surface area contributed by atoms with E-state index in [0.29, 0.717) is 18.4 Å². The van der Waals surface area contributed by atoms with E-state index >= 15 is 0 Å². The largest absolute Gasteiger partial charge is 0.393 e. The molecule has 0 spiro atoms. The molecule has 3 saturated carbocycles. The number of rotatable bonds is 4. The van der Waals surface area contributed by atoms with E-state index in [0.717, 1.165) is 6.42 Å². The van der Waals surface area contributed by atoms with Gasteiger partial charge >= 0.3 is 0 Å². The van der Waals surface area contributed by atoms with Gasteiger partial charge in [0.15, 0.2) is 23.5 Å². The second-order valence-corrected chi connectivity index (χ2v) is 10.5. The number of ether oxygens (including phenoxy) is 2. The molecule has 1 heterocycles. The molecule has 2 N–H and O–H groups in total. The molecule has 0 radical (unpaired) electrons. The molecule has 1 saturated heterocycles. The molecule has 1 unspecified atom stereocenters. The highest BCUT2D eigenvalue weighted by Crippen LogP contribution is 2.69. The summed E-state index contributed by atoms with van der Waals surface area (Å²) in [5.74, 6) is -1.31. The van der Waals surface area contributed by atoms with Crippen molar-refractivity contribution >= 4 is 11.6 Å². The van der Waals surface area contributed by atoms with Gasteiger partial charge in [0, 0.05) is 19.5 Å². The van der Waals surface area contributed by atoms with E-state index in [1.54, 1.807) is 6.08 Å². The van der Waals surface area contributed by atoms with Gasteiger partial charge in [0.2, 0.25) is 0 Å². The van der Waals surface area contributed by atoms with Gasteiger partial charge in [0.05, 0.1) is 12.2 Å². The molecule has 170 valence electrons. The standard InChI is InChI=1S/C25H34O6/c1-4-5-21-30-20-11-17-16-7-6-14-10-15(27)8-9-23(14,2)22(16)18(28)12-24(17,3)25(20,31-21)19(29)13-26/h8-10,16-18,20-22,26,28H,4-7,11-13H2,1-3H3/t16-,17-,18-,20+,21?,22+,23-,24-,25+/m0/s1/i6D2. The first-order valence-corrected chi connectivity index (χ1v) is 11.6. The number of hydrogen-bond donors (Lipinski definition) is 2. The number of aliphatic hydroxyl groups excluding tert-OH is 2. The maximum Gasteiger partial charge on any atom is 0.193 e. The van der Waals surface area contributed by atoms with Crippen LogP contribution in [-0.2, 0) is 19.1 Å². The maximum absolute atomic E-state index is 13.3. The van der Waals surface area contributed by atoms with E-state index in [4.69, 9.17) is 12.2 Å². The molecule has 0 bridgehead atoms. The molecule has 1 aliphatic heterocycles. The molecule has 0 aromatic carbocycles. The summed E-state index contributed by atoms with van der Waals surface area (Å²) in [6.07, 6.45) is 3.47. The zero-order chi connectivity index (χ0) is 24.0. The molecule has 0 aromatic rings. The quantitative estimate of drug-likeness (QED) is 0.710. The highest BCUT2D eigenvalue weighted by Gasteiger charge is 2.75. The lowest BCUT2D eigenvalue weighted by Crippen LogP contribution is -2.63. The Balaban J connectivity index is 1.60. The topological polar surface area (TPSA) is 93.1 Å². The number of carbonyl (C=O) groups is 2. The summed E-state index contributed by atoms with van der Waals surface area (Å²) in [5, 5.41) is 21.5. The van der Waals surface area contributed by atoms with Gasteiger partial charge < -0.3 is 19.7 Å². The van der Waals surface area contributed by atoms with Crippen LogP contribution in [0.1, 0.15) is 62.0 Å². The normalized spacial score (nSPS) is 52.9. The molecule has 5 rings (SSSR count). The second kappa shape index (κ2) is 7.08. The fourth-order valence-electron chi connectivity index (χ4n) is 7.74. The van der Waals surface area contributed by atoms with Gasteiger partial charge in [-0.2, -0.15) is 0 Å². The first-order chi connectivity index (χ1) is 15.4. The van der Waals surface area contributed by atoms with Crippen molar-refractivity contribution in [2.45, 2.75) is 83.3 Å². The third-order valence-electron chi connectivity index (χ3n) is 9.01. The van der Waals surface area contributed by atoms with Crippen LogP contribution in [0.25, 0.3) is 0 Å². The molecule has 6 nitrogen and oxygen atoms in total. The summed E-state index contributed by atoms with van der Waals surface area (Å²) < 4.78 is 30.3. The Bertz CT molecular complexity index is 945. The van der Waals surface area contributed by atoms with Crippen molar-refractivity contribution in [1.29, 1.82) is 0 Å². The summed E-state index contributed by atoms with van der Waals surface area (Å²) in [4.78, 5) is 25.4. The minimum Gasteiger partial charge on any atom is -0.393 e. The summed E-state index contributed by atoms with van der Waals surface area (Å²) in [6, 6.07) is 0. The van der Waals surface area contributed by atoms with Crippen molar-refractivity contribution < 1.29 is 32.0 Å². The molecule has 0 aromatic heterocycles. The number of allylic oxidation sites excluding steroid dienone is 4. The molecule has 9 atom stereocenters. The van der Waals surface area contributed by atoms with Crippen LogP contribution in [0, 0.1) is 28.6 Å². The lowest BCUT2D eigenvalue weighted by atomic mass is 9.46. The van der Waals surface area contributed by atoms with Gasteiger partial charge in [-0.25, -0.2) is 0 Å². The van der Waals surface area contributed by atoms with Crippen LogP contribution in [-0.4, -0.2) is 52.5 Å². The first kappa shape index (κ1) is 19.2. The van der Waals surface area contributed by atoms with Crippen LogP contribution in [0.3, 0.4) is 0 Å². The Kier molecular flexibility index (Phi) is 4.37. The van der Waals surface area contributed by atoms with Crippen LogP contribution < -0.4 is 0 Å². The molecule has 0 amide bonds. The predicted molar refractivity (Wildman–Crippen MR) is 113 cm³/mol. The summed E-state index contributed by atoms with van der Waals surface area (Å²) in [5.41, 5.74) is -2.51. The number of aliphatic hydroxyl groups is 2. The van der Waals surface area contributed by atoms with E-state index in [-0.39, 0.29) is 36.4 Å². The number of Topliss-reactive ketones (excluding diaryl/α,β-unsaturated/α-hetero) is 1. The van der Waals surface area contributed by atoms with Crippen molar-refractivity contribution in [3.05, 3.63) is 23.8 Å². The van der Waals surface area contributed by atoms with E-state index in [9.17, 15) is 19.8 Å². The average molecular weight is 433 g/mol. The average Bonchev–Trinajstić information content (AvgIpc) is 3.21. The van der Waals surface area contributed by atoms with Gasteiger partial charge in [-0.3, -0.25) is 9.59 Å². The highest BCUT2D eigenvalue weighted by atomic mass is 16.7. The van der Waals surface area contributed by atoms with Gasteiger partial charge in [-0.05, 0) is 56.0 Å². The van der Waals surface area contributed by atoms with Crippen molar-refractivity contribution in [3.8, 4) is 0 Å². The Labute approximate surface area is 186 Å². The van der Waals surface area contributed by atoms with Crippen LogP contribution in [0.2, 0.25) is 0 Å². The van der Waals surface area contributed by atoms with Gasteiger partial charge in [0.25, 0.3) is 0 Å². The molecule has 5 aliphatic rings. The van der Waals surface area contributed by atoms with Crippen LogP contribution >= 0.6 is 0 Å². The summed E-state index contributed by atoms with van der Waals surface area (Å²) in [6.45, 7) is 5.21. The Hall–Kier alpha value is -1.34. The smallest absolute Gasteiger partial charge is 0.193 e. The monoisotopic (exact) mass is 432 g/mol. The molecular formula is C25H34O6.